The van der Waals surface area contributed by atoms with Crippen molar-refractivity contribution < 1.29 is 8.42 Å². The zero-order valence-corrected chi connectivity index (χ0v) is 15.7. The molecule has 0 aliphatic heterocycles. The van der Waals surface area contributed by atoms with Gasteiger partial charge in [0.2, 0.25) is 5.95 Å². The van der Waals surface area contributed by atoms with Gasteiger partial charge in [-0.3, -0.25) is 0 Å². The molecule has 7 heteroatoms. The third kappa shape index (κ3) is 3.54. The summed E-state index contributed by atoms with van der Waals surface area (Å²) in [5.74, 6) is 0.477. The van der Waals surface area contributed by atoms with Crippen molar-refractivity contribution in [1.29, 1.82) is 0 Å². The molecule has 2 heterocycles. The van der Waals surface area contributed by atoms with Gasteiger partial charge in [0.15, 0.2) is 15.5 Å². The van der Waals surface area contributed by atoms with Crippen molar-refractivity contribution in [3.63, 3.8) is 0 Å². The number of nitrogens with zero attached hydrogens (tertiary/aromatic N) is 3. The molecule has 0 aliphatic rings. The highest BCUT2D eigenvalue weighted by atomic mass is 32.2. The van der Waals surface area contributed by atoms with Crippen molar-refractivity contribution in [2.45, 2.75) is 11.8 Å². The number of pyridine rings is 1. The Bertz CT molecular complexity index is 1230. The van der Waals surface area contributed by atoms with Gasteiger partial charge >= 0.3 is 0 Å². The van der Waals surface area contributed by atoms with Gasteiger partial charge in [-0.1, -0.05) is 35.9 Å². The van der Waals surface area contributed by atoms with E-state index in [2.05, 4.69) is 15.4 Å². The Hall–Kier alpha value is -3.19. The SMILES string of the molecule is Cc1ccc(Nc2nc3cccc(-c4cccc(S(C)(=O)=O)c4)n3n2)cc1. The summed E-state index contributed by atoms with van der Waals surface area (Å²) in [6.07, 6.45) is 1.20. The third-order valence-corrected chi connectivity index (χ3v) is 5.34. The minimum absolute atomic E-state index is 0.273. The van der Waals surface area contributed by atoms with Crippen molar-refractivity contribution in [2.24, 2.45) is 0 Å². The van der Waals surface area contributed by atoms with Gasteiger partial charge in [-0.15, -0.1) is 5.10 Å². The van der Waals surface area contributed by atoms with Crippen LogP contribution in [0.25, 0.3) is 16.9 Å². The topological polar surface area (TPSA) is 76.4 Å². The Kier molecular flexibility index (Phi) is 4.16. The van der Waals surface area contributed by atoms with Crippen molar-refractivity contribution in [1.82, 2.24) is 14.6 Å². The number of rotatable bonds is 4. The highest BCUT2D eigenvalue weighted by molar-refractivity contribution is 7.90. The molecular formula is C20H18N4O2S. The molecule has 0 bridgehead atoms. The van der Waals surface area contributed by atoms with Crippen LogP contribution in [0.1, 0.15) is 5.56 Å². The molecule has 2 aromatic heterocycles. The quantitative estimate of drug-likeness (QED) is 0.584. The molecule has 0 radical (unpaired) electrons. The second-order valence-electron chi connectivity index (χ2n) is 6.41. The number of anilines is 2. The van der Waals surface area contributed by atoms with E-state index in [4.69, 9.17) is 0 Å². The molecule has 0 fully saturated rings. The summed E-state index contributed by atoms with van der Waals surface area (Å²) in [5, 5.41) is 7.74. The monoisotopic (exact) mass is 378 g/mol. The van der Waals surface area contributed by atoms with Gasteiger partial charge in [-0.2, -0.15) is 4.98 Å². The molecule has 0 amide bonds. The van der Waals surface area contributed by atoms with Crippen molar-refractivity contribution >= 4 is 27.1 Å². The average Bonchev–Trinajstić information content (AvgIpc) is 3.05. The van der Waals surface area contributed by atoms with Crippen LogP contribution in [0.15, 0.2) is 71.6 Å². The smallest absolute Gasteiger partial charge is 0.247 e. The van der Waals surface area contributed by atoms with E-state index in [1.807, 2.05) is 55.5 Å². The van der Waals surface area contributed by atoms with Crippen molar-refractivity contribution in [3.8, 4) is 11.3 Å². The zero-order chi connectivity index (χ0) is 19.0. The highest BCUT2D eigenvalue weighted by Gasteiger charge is 2.12. The van der Waals surface area contributed by atoms with E-state index in [0.29, 0.717) is 11.6 Å². The van der Waals surface area contributed by atoms with E-state index in [1.54, 1.807) is 22.7 Å². The maximum atomic E-state index is 11.9. The molecule has 1 N–H and O–H groups in total. The van der Waals surface area contributed by atoms with Gasteiger partial charge in [0, 0.05) is 17.5 Å². The maximum Gasteiger partial charge on any atom is 0.247 e. The van der Waals surface area contributed by atoms with E-state index in [1.165, 1.54) is 11.8 Å². The number of fused-ring (bicyclic) bond motifs is 1. The molecule has 0 atom stereocenters. The molecule has 4 aromatic rings. The van der Waals surface area contributed by atoms with E-state index in [-0.39, 0.29) is 4.90 Å². The second kappa shape index (κ2) is 6.51. The molecule has 136 valence electrons. The Morgan fingerprint density at radius 2 is 1.70 bits per heavy atom. The van der Waals surface area contributed by atoms with E-state index in [9.17, 15) is 8.42 Å². The second-order valence-corrected chi connectivity index (χ2v) is 8.42. The summed E-state index contributed by atoms with van der Waals surface area (Å²) in [6.45, 7) is 2.03. The Balaban J connectivity index is 1.77. The maximum absolute atomic E-state index is 11.9. The minimum Gasteiger partial charge on any atom is -0.323 e. The molecule has 27 heavy (non-hydrogen) atoms. The van der Waals surface area contributed by atoms with Crippen LogP contribution in [0.3, 0.4) is 0 Å². The summed E-state index contributed by atoms with van der Waals surface area (Å²) < 4.78 is 25.4. The lowest BCUT2D eigenvalue weighted by Gasteiger charge is -2.06. The van der Waals surface area contributed by atoms with E-state index >= 15 is 0 Å². The number of hydrogen-bond acceptors (Lipinski definition) is 5. The summed E-state index contributed by atoms with van der Waals surface area (Å²) in [7, 11) is -3.28. The van der Waals surface area contributed by atoms with Crippen LogP contribution >= 0.6 is 0 Å². The van der Waals surface area contributed by atoms with Crippen LogP contribution in [-0.4, -0.2) is 29.3 Å². The van der Waals surface area contributed by atoms with Gasteiger partial charge < -0.3 is 5.32 Å². The number of benzene rings is 2. The largest absolute Gasteiger partial charge is 0.323 e. The lowest BCUT2D eigenvalue weighted by atomic mass is 10.1. The molecule has 0 unspecified atom stereocenters. The Morgan fingerprint density at radius 3 is 2.44 bits per heavy atom. The third-order valence-electron chi connectivity index (χ3n) is 4.23. The van der Waals surface area contributed by atoms with Crippen molar-refractivity contribution in [3.05, 3.63) is 72.3 Å². The number of aryl methyl sites for hydroxylation is 1. The fraction of sp³-hybridized carbons (Fsp3) is 0.100. The number of nitrogens with one attached hydrogen (secondary N) is 1. The summed E-state index contributed by atoms with van der Waals surface area (Å²) >= 11 is 0. The molecule has 0 saturated heterocycles. The molecule has 4 rings (SSSR count). The first-order chi connectivity index (χ1) is 12.9. The van der Waals surface area contributed by atoms with Gasteiger partial charge in [0.1, 0.15) is 0 Å². The van der Waals surface area contributed by atoms with Crippen LogP contribution in [0, 0.1) is 6.92 Å². The first-order valence-electron chi connectivity index (χ1n) is 8.40. The lowest BCUT2D eigenvalue weighted by molar-refractivity contribution is 0.602. The van der Waals surface area contributed by atoms with Crippen LogP contribution in [-0.2, 0) is 9.84 Å². The molecule has 0 saturated carbocycles. The van der Waals surface area contributed by atoms with Gasteiger partial charge in [-0.25, -0.2) is 12.9 Å². The van der Waals surface area contributed by atoms with Crippen LogP contribution in [0.2, 0.25) is 0 Å². The first-order valence-corrected chi connectivity index (χ1v) is 10.3. The molecule has 6 nitrogen and oxygen atoms in total. The zero-order valence-electron chi connectivity index (χ0n) is 14.9. The fourth-order valence-electron chi connectivity index (χ4n) is 2.83. The van der Waals surface area contributed by atoms with Crippen LogP contribution in [0.4, 0.5) is 11.6 Å². The highest BCUT2D eigenvalue weighted by Crippen LogP contribution is 2.24. The van der Waals surface area contributed by atoms with E-state index in [0.717, 1.165) is 16.9 Å². The predicted molar refractivity (Wildman–Crippen MR) is 106 cm³/mol. The number of sulfone groups is 1. The lowest BCUT2D eigenvalue weighted by Crippen LogP contribution is -1.99. The molecule has 0 aliphatic carbocycles. The number of aromatic nitrogens is 3. The van der Waals surface area contributed by atoms with Gasteiger partial charge in [-0.05, 0) is 43.3 Å². The van der Waals surface area contributed by atoms with Gasteiger partial charge in [0.25, 0.3) is 0 Å². The number of hydrogen-bond donors (Lipinski definition) is 1. The first kappa shape index (κ1) is 17.2. The Labute approximate surface area is 157 Å². The standard InChI is InChI=1S/C20H18N4O2S/c1-14-9-11-16(12-10-14)21-20-22-19-8-4-7-18(24(19)23-20)15-5-3-6-17(13-15)27(2,25)26/h3-13H,1-2H3,(H,21,23). The predicted octanol–water partition coefficient (Wildman–Crippen LogP) is 3.85. The molecular weight excluding hydrogens is 360 g/mol. The minimum atomic E-state index is -3.28. The van der Waals surface area contributed by atoms with Crippen LogP contribution < -0.4 is 5.32 Å². The summed E-state index contributed by atoms with van der Waals surface area (Å²) in [6, 6.07) is 20.4. The summed E-state index contributed by atoms with van der Waals surface area (Å²) in [5.41, 5.74) is 4.28. The summed E-state index contributed by atoms with van der Waals surface area (Å²) in [4.78, 5) is 4.78. The Morgan fingerprint density at radius 1 is 0.963 bits per heavy atom. The normalized spacial score (nSPS) is 11.6. The fourth-order valence-corrected chi connectivity index (χ4v) is 3.50. The molecule has 0 spiro atoms. The van der Waals surface area contributed by atoms with Crippen molar-refractivity contribution in [2.75, 3.05) is 11.6 Å². The van der Waals surface area contributed by atoms with E-state index < -0.39 is 9.84 Å². The molecule has 2 aromatic carbocycles. The average molecular weight is 378 g/mol. The van der Waals surface area contributed by atoms with Crippen LogP contribution in [0.5, 0.6) is 0 Å². The van der Waals surface area contributed by atoms with Gasteiger partial charge in [0.05, 0.1) is 10.6 Å².